The van der Waals surface area contributed by atoms with Crippen LogP contribution in [-0.4, -0.2) is 16.5 Å². The highest BCUT2D eigenvalue weighted by Crippen LogP contribution is 2.02. The normalized spacial score (nSPS) is 9.59. The van der Waals surface area contributed by atoms with E-state index in [0.717, 1.165) is 13.0 Å². The van der Waals surface area contributed by atoms with E-state index in [4.69, 9.17) is 5.26 Å². The number of benzene rings is 1. The number of nitriles is 1. The highest BCUT2D eigenvalue weighted by molar-refractivity contribution is 5.30. The van der Waals surface area contributed by atoms with E-state index in [-0.39, 0.29) is 0 Å². The first-order chi connectivity index (χ1) is 8.38. The molecule has 1 aromatic carbocycles. The molecule has 0 aliphatic heterocycles. The molecule has 0 aliphatic carbocycles. The molecule has 0 fully saturated rings. The molecule has 0 aliphatic rings. The molecule has 0 saturated carbocycles. The van der Waals surface area contributed by atoms with Crippen LogP contribution in [0.4, 0.5) is 5.95 Å². The van der Waals surface area contributed by atoms with Gasteiger partial charge in [-0.05, 0) is 18.1 Å². The van der Waals surface area contributed by atoms with Crippen molar-refractivity contribution in [2.45, 2.75) is 6.42 Å². The Morgan fingerprint density at radius 1 is 1.18 bits per heavy atom. The zero-order valence-electron chi connectivity index (χ0n) is 9.30. The summed E-state index contributed by atoms with van der Waals surface area (Å²) in [6, 6.07) is 13.8. The number of hydrogen-bond donors (Lipinski definition) is 1. The predicted octanol–water partition coefficient (Wildman–Crippen LogP) is 2.00. The van der Waals surface area contributed by atoms with Crippen molar-refractivity contribution in [3.05, 3.63) is 53.9 Å². The SMILES string of the molecule is N#Cc1ccnc(NCCc2ccccc2)n1. The number of hydrogen-bond acceptors (Lipinski definition) is 4. The molecule has 2 aromatic rings. The van der Waals surface area contributed by atoms with Crippen LogP contribution in [0, 0.1) is 11.3 Å². The average molecular weight is 224 g/mol. The molecule has 0 spiro atoms. The minimum absolute atomic E-state index is 0.377. The molecule has 2 rings (SSSR count). The van der Waals surface area contributed by atoms with Crippen molar-refractivity contribution in [3.8, 4) is 6.07 Å². The van der Waals surface area contributed by atoms with E-state index in [1.54, 1.807) is 12.3 Å². The maximum atomic E-state index is 8.70. The Kier molecular flexibility index (Phi) is 3.66. The zero-order valence-corrected chi connectivity index (χ0v) is 9.30. The first-order valence-corrected chi connectivity index (χ1v) is 5.39. The van der Waals surface area contributed by atoms with Gasteiger partial charge in [0.05, 0.1) is 0 Å². The summed E-state index contributed by atoms with van der Waals surface area (Å²) in [6.45, 7) is 0.749. The summed E-state index contributed by atoms with van der Waals surface area (Å²) >= 11 is 0. The molecule has 0 radical (unpaired) electrons. The summed E-state index contributed by atoms with van der Waals surface area (Å²) in [5, 5.41) is 11.8. The Morgan fingerprint density at radius 2 is 2.00 bits per heavy atom. The van der Waals surface area contributed by atoms with Gasteiger partial charge in [-0.3, -0.25) is 0 Å². The Labute approximate surface area is 100.0 Å². The van der Waals surface area contributed by atoms with Gasteiger partial charge in [0.25, 0.3) is 0 Å². The van der Waals surface area contributed by atoms with Crippen molar-refractivity contribution in [3.63, 3.8) is 0 Å². The van der Waals surface area contributed by atoms with Gasteiger partial charge < -0.3 is 5.32 Å². The third kappa shape index (κ3) is 3.28. The molecule has 4 heteroatoms. The predicted molar refractivity (Wildman–Crippen MR) is 65.4 cm³/mol. The number of aromatic nitrogens is 2. The molecule has 4 nitrogen and oxygen atoms in total. The molecular formula is C13H12N4. The second-order valence-electron chi connectivity index (χ2n) is 3.54. The molecule has 17 heavy (non-hydrogen) atoms. The van der Waals surface area contributed by atoms with Gasteiger partial charge in [0, 0.05) is 12.7 Å². The van der Waals surface area contributed by atoms with Crippen LogP contribution in [-0.2, 0) is 6.42 Å². The number of nitrogens with one attached hydrogen (secondary N) is 1. The first-order valence-electron chi connectivity index (χ1n) is 5.39. The minimum atomic E-state index is 0.377. The van der Waals surface area contributed by atoms with Crippen LogP contribution in [0.3, 0.4) is 0 Å². The summed E-state index contributed by atoms with van der Waals surface area (Å²) < 4.78 is 0. The van der Waals surface area contributed by atoms with Crippen LogP contribution in [0.2, 0.25) is 0 Å². The van der Waals surface area contributed by atoms with Crippen LogP contribution in [0.25, 0.3) is 0 Å². The highest BCUT2D eigenvalue weighted by atomic mass is 15.1. The number of anilines is 1. The molecule has 1 heterocycles. The zero-order chi connectivity index (χ0) is 11.9. The number of nitrogens with zero attached hydrogens (tertiary/aromatic N) is 3. The quantitative estimate of drug-likeness (QED) is 0.862. The van der Waals surface area contributed by atoms with Crippen molar-refractivity contribution in [2.75, 3.05) is 11.9 Å². The summed E-state index contributed by atoms with van der Waals surface area (Å²) in [7, 11) is 0. The molecule has 84 valence electrons. The second kappa shape index (κ2) is 5.61. The first kappa shape index (κ1) is 11.1. The molecule has 0 unspecified atom stereocenters. The Morgan fingerprint density at radius 3 is 2.76 bits per heavy atom. The van der Waals surface area contributed by atoms with Crippen LogP contribution in [0.15, 0.2) is 42.6 Å². The lowest BCUT2D eigenvalue weighted by Crippen LogP contribution is -2.08. The van der Waals surface area contributed by atoms with Gasteiger partial charge in [0.15, 0.2) is 0 Å². The molecule has 0 atom stereocenters. The van der Waals surface area contributed by atoms with E-state index in [9.17, 15) is 0 Å². The van der Waals surface area contributed by atoms with E-state index < -0.39 is 0 Å². The van der Waals surface area contributed by atoms with E-state index >= 15 is 0 Å². The molecule has 0 amide bonds. The fourth-order valence-electron chi connectivity index (χ4n) is 1.47. The van der Waals surface area contributed by atoms with E-state index in [0.29, 0.717) is 11.6 Å². The van der Waals surface area contributed by atoms with Crippen LogP contribution in [0.1, 0.15) is 11.3 Å². The van der Waals surface area contributed by atoms with Crippen molar-refractivity contribution in [1.29, 1.82) is 5.26 Å². The lowest BCUT2D eigenvalue weighted by atomic mass is 10.1. The summed E-state index contributed by atoms with van der Waals surface area (Å²) in [4.78, 5) is 8.08. The van der Waals surface area contributed by atoms with Crippen LogP contribution >= 0.6 is 0 Å². The monoisotopic (exact) mass is 224 g/mol. The van der Waals surface area contributed by atoms with Gasteiger partial charge >= 0.3 is 0 Å². The Hall–Kier alpha value is -2.41. The lowest BCUT2D eigenvalue weighted by Gasteiger charge is -2.04. The van der Waals surface area contributed by atoms with Crippen LogP contribution < -0.4 is 5.32 Å². The van der Waals surface area contributed by atoms with Gasteiger partial charge in [-0.15, -0.1) is 0 Å². The Balaban J connectivity index is 1.88. The highest BCUT2D eigenvalue weighted by Gasteiger charge is 1.97. The van der Waals surface area contributed by atoms with Gasteiger partial charge in [-0.25, -0.2) is 9.97 Å². The summed E-state index contributed by atoms with van der Waals surface area (Å²) in [5.74, 6) is 0.500. The average Bonchev–Trinajstić information content (AvgIpc) is 2.40. The molecular weight excluding hydrogens is 212 g/mol. The van der Waals surface area contributed by atoms with Gasteiger partial charge in [0.1, 0.15) is 11.8 Å². The lowest BCUT2D eigenvalue weighted by molar-refractivity contribution is 0.980. The number of rotatable bonds is 4. The van der Waals surface area contributed by atoms with E-state index in [1.807, 2.05) is 24.3 Å². The molecule has 0 bridgehead atoms. The third-order valence-corrected chi connectivity index (χ3v) is 2.31. The van der Waals surface area contributed by atoms with Gasteiger partial charge in [0.2, 0.25) is 5.95 Å². The largest absolute Gasteiger partial charge is 0.354 e. The fraction of sp³-hybridized carbons (Fsp3) is 0.154. The van der Waals surface area contributed by atoms with Crippen LogP contribution in [0.5, 0.6) is 0 Å². The summed E-state index contributed by atoms with van der Waals surface area (Å²) in [6.07, 6.45) is 2.48. The fourth-order valence-corrected chi connectivity index (χ4v) is 1.47. The van der Waals surface area contributed by atoms with Crippen molar-refractivity contribution in [2.24, 2.45) is 0 Å². The topological polar surface area (TPSA) is 61.6 Å². The standard InChI is InChI=1S/C13H12N4/c14-10-12-7-9-16-13(17-12)15-8-6-11-4-2-1-3-5-11/h1-5,7,9H,6,8H2,(H,15,16,17). The maximum Gasteiger partial charge on any atom is 0.223 e. The molecule has 1 N–H and O–H groups in total. The van der Waals surface area contributed by atoms with Crippen molar-refractivity contribution < 1.29 is 0 Å². The van der Waals surface area contributed by atoms with Gasteiger partial charge in [-0.2, -0.15) is 5.26 Å². The van der Waals surface area contributed by atoms with Crippen molar-refractivity contribution in [1.82, 2.24) is 9.97 Å². The minimum Gasteiger partial charge on any atom is -0.354 e. The maximum absolute atomic E-state index is 8.70. The molecule has 1 aromatic heterocycles. The van der Waals surface area contributed by atoms with Gasteiger partial charge in [-0.1, -0.05) is 30.3 Å². The third-order valence-electron chi connectivity index (χ3n) is 2.31. The summed E-state index contributed by atoms with van der Waals surface area (Å²) in [5.41, 5.74) is 1.64. The van der Waals surface area contributed by atoms with E-state index in [1.165, 1.54) is 5.56 Å². The smallest absolute Gasteiger partial charge is 0.223 e. The Bertz CT molecular complexity index is 516. The molecule has 0 saturated heterocycles. The second-order valence-corrected chi connectivity index (χ2v) is 3.54. The van der Waals surface area contributed by atoms with E-state index in [2.05, 4.69) is 27.4 Å². The van der Waals surface area contributed by atoms with Crippen molar-refractivity contribution >= 4 is 5.95 Å².